The molecule has 25 heavy (non-hydrogen) atoms. The second kappa shape index (κ2) is 11.8. The molecular weight excluding hydrogens is 385 g/mol. The molecule has 1 atom stereocenters. The summed E-state index contributed by atoms with van der Waals surface area (Å²) in [5.41, 5.74) is 1.11. The van der Waals surface area contributed by atoms with Crippen LogP contribution in [0.3, 0.4) is 0 Å². The SMILES string of the molecule is CN1CCN(c2cc(CNC(=O)C3CCNC3)ccn2)CC1.Cl.Cl.Cl. The Kier molecular flexibility index (Phi) is 11.4. The van der Waals surface area contributed by atoms with Crippen molar-refractivity contribution in [2.75, 3.05) is 51.2 Å². The smallest absolute Gasteiger partial charge is 0.224 e. The molecular formula is C16H28Cl3N5O. The van der Waals surface area contributed by atoms with Gasteiger partial charge in [0.1, 0.15) is 5.82 Å². The molecule has 1 amide bonds. The topological polar surface area (TPSA) is 60.5 Å². The number of rotatable bonds is 4. The van der Waals surface area contributed by atoms with Crippen LogP contribution in [0.1, 0.15) is 12.0 Å². The monoisotopic (exact) mass is 411 g/mol. The van der Waals surface area contributed by atoms with E-state index in [-0.39, 0.29) is 49.0 Å². The summed E-state index contributed by atoms with van der Waals surface area (Å²) in [5.74, 6) is 1.30. The molecule has 3 rings (SSSR count). The lowest BCUT2D eigenvalue weighted by Crippen LogP contribution is -2.44. The first-order valence-electron chi connectivity index (χ1n) is 8.09. The summed E-state index contributed by atoms with van der Waals surface area (Å²) in [6.07, 6.45) is 2.78. The van der Waals surface area contributed by atoms with Crippen LogP contribution in [0.4, 0.5) is 5.82 Å². The Morgan fingerprint density at radius 2 is 2.00 bits per heavy atom. The van der Waals surface area contributed by atoms with E-state index >= 15 is 0 Å². The van der Waals surface area contributed by atoms with E-state index in [9.17, 15) is 4.79 Å². The van der Waals surface area contributed by atoms with E-state index in [1.807, 2.05) is 12.3 Å². The lowest BCUT2D eigenvalue weighted by Gasteiger charge is -2.33. The molecule has 0 aromatic carbocycles. The Morgan fingerprint density at radius 1 is 1.28 bits per heavy atom. The van der Waals surface area contributed by atoms with Crippen molar-refractivity contribution in [2.24, 2.45) is 5.92 Å². The van der Waals surface area contributed by atoms with Gasteiger partial charge in [-0.15, -0.1) is 37.2 Å². The third-order valence-electron chi connectivity index (χ3n) is 4.54. The molecule has 2 saturated heterocycles. The maximum atomic E-state index is 12.1. The molecule has 1 aromatic rings. The van der Waals surface area contributed by atoms with Gasteiger partial charge < -0.3 is 20.4 Å². The minimum absolute atomic E-state index is 0. The van der Waals surface area contributed by atoms with Crippen LogP contribution in [-0.4, -0.2) is 62.1 Å². The molecule has 0 spiro atoms. The predicted octanol–water partition coefficient (Wildman–Crippen LogP) is 1.32. The van der Waals surface area contributed by atoms with E-state index in [2.05, 4.69) is 38.5 Å². The van der Waals surface area contributed by atoms with Crippen LogP contribution < -0.4 is 15.5 Å². The van der Waals surface area contributed by atoms with E-state index in [0.29, 0.717) is 6.54 Å². The second-order valence-electron chi connectivity index (χ2n) is 6.22. The lowest BCUT2D eigenvalue weighted by atomic mass is 10.1. The van der Waals surface area contributed by atoms with Crippen LogP contribution in [0.2, 0.25) is 0 Å². The number of carbonyl (C=O) groups is 1. The highest BCUT2D eigenvalue weighted by atomic mass is 35.5. The molecule has 6 nitrogen and oxygen atoms in total. The fraction of sp³-hybridized carbons (Fsp3) is 0.625. The van der Waals surface area contributed by atoms with Gasteiger partial charge in [-0.2, -0.15) is 0 Å². The van der Waals surface area contributed by atoms with Gasteiger partial charge in [0.25, 0.3) is 0 Å². The van der Waals surface area contributed by atoms with E-state index < -0.39 is 0 Å². The fourth-order valence-electron chi connectivity index (χ4n) is 2.99. The first-order chi connectivity index (χ1) is 10.7. The Bertz CT molecular complexity index is 520. The van der Waals surface area contributed by atoms with Crippen molar-refractivity contribution in [1.29, 1.82) is 0 Å². The van der Waals surface area contributed by atoms with Crippen LogP contribution in [0.5, 0.6) is 0 Å². The average Bonchev–Trinajstić information content (AvgIpc) is 3.08. The summed E-state index contributed by atoms with van der Waals surface area (Å²) >= 11 is 0. The third-order valence-corrected chi connectivity index (χ3v) is 4.54. The molecule has 9 heteroatoms. The summed E-state index contributed by atoms with van der Waals surface area (Å²) in [7, 11) is 2.15. The van der Waals surface area contributed by atoms with E-state index in [0.717, 1.165) is 57.1 Å². The van der Waals surface area contributed by atoms with Gasteiger partial charge in [-0.05, 0) is 37.7 Å². The van der Waals surface area contributed by atoms with Crippen LogP contribution >= 0.6 is 37.2 Å². The lowest BCUT2D eigenvalue weighted by molar-refractivity contribution is -0.124. The van der Waals surface area contributed by atoms with Gasteiger partial charge >= 0.3 is 0 Å². The van der Waals surface area contributed by atoms with Gasteiger partial charge in [-0.25, -0.2) is 4.98 Å². The number of hydrogen-bond donors (Lipinski definition) is 2. The highest BCUT2D eigenvalue weighted by Gasteiger charge is 2.22. The number of carbonyl (C=O) groups excluding carboxylic acids is 1. The number of hydrogen-bond acceptors (Lipinski definition) is 5. The summed E-state index contributed by atoms with van der Waals surface area (Å²) in [6.45, 7) is 6.48. The van der Waals surface area contributed by atoms with E-state index in [1.165, 1.54) is 0 Å². The number of anilines is 1. The summed E-state index contributed by atoms with van der Waals surface area (Å²) in [6, 6.07) is 4.07. The number of nitrogens with one attached hydrogen (secondary N) is 2. The Balaban J connectivity index is 0.00000192. The molecule has 1 aromatic heterocycles. The zero-order chi connectivity index (χ0) is 15.4. The molecule has 0 radical (unpaired) electrons. The van der Waals surface area contributed by atoms with Crippen LogP contribution in [-0.2, 0) is 11.3 Å². The highest BCUT2D eigenvalue weighted by molar-refractivity contribution is 5.86. The number of nitrogens with zero attached hydrogens (tertiary/aromatic N) is 3. The van der Waals surface area contributed by atoms with Gasteiger partial charge in [-0.1, -0.05) is 0 Å². The van der Waals surface area contributed by atoms with Crippen molar-refractivity contribution >= 4 is 48.9 Å². The number of pyridine rings is 1. The Hall–Kier alpha value is -0.790. The van der Waals surface area contributed by atoms with Crippen LogP contribution in [0, 0.1) is 5.92 Å². The van der Waals surface area contributed by atoms with E-state index in [4.69, 9.17) is 0 Å². The fourth-order valence-corrected chi connectivity index (χ4v) is 2.99. The number of amides is 1. The van der Waals surface area contributed by atoms with Crippen molar-refractivity contribution in [3.05, 3.63) is 23.9 Å². The van der Waals surface area contributed by atoms with E-state index in [1.54, 1.807) is 0 Å². The minimum atomic E-state index is 0. The Labute approximate surface area is 168 Å². The summed E-state index contributed by atoms with van der Waals surface area (Å²) in [4.78, 5) is 21.2. The molecule has 2 N–H and O–H groups in total. The third kappa shape index (κ3) is 6.79. The molecule has 2 fully saturated rings. The molecule has 0 bridgehead atoms. The molecule has 1 unspecified atom stereocenters. The van der Waals surface area contributed by atoms with Gasteiger partial charge in [0.05, 0.1) is 5.92 Å². The maximum Gasteiger partial charge on any atom is 0.224 e. The summed E-state index contributed by atoms with van der Waals surface area (Å²) < 4.78 is 0. The maximum absolute atomic E-state index is 12.1. The van der Waals surface area contributed by atoms with Crippen LogP contribution in [0.15, 0.2) is 18.3 Å². The van der Waals surface area contributed by atoms with Crippen molar-refractivity contribution in [1.82, 2.24) is 20.5 Å². The zero-order valence-corrected chi connectivity index (χ0v) is 16.9. The standard InChI is InChI=1S/C16H25N5O.3ClH/c1-20-6-8-21(9-7-20)15-10-13(2-5-18-15)11-19-16(22)14-3-4-17-12-14;;;/h2,5,10,14,17H,3-4,6-9,11-12H2,1H3,(H,19,22);3*1H. The van der Waals surface area contributed by atoms with Gasteiger partial charge in [-0.3, -0.25) is 4.79 Å². The molecule has 0 saturated carbocycles. The normalized spacial score (nSPS) is 20.0. The van der Waals surface area contributed by atoms with Gasteiger partial charge in [0.2, 0.25) is 5.91 Å². The molecule has 2 aliphatic heterocycles. The van der Waals surface area contributed by atoms with Gasteiger partial charge in [0, 0.05) is 45.5 Å². The largest absolute Gasteiger partial charge is 0.354 e. The minimum Gasteiger partial charge on any atom is -0.354 e. The number of likely N-dealkylation sites (N-methyl/N-ethyl adjacent to an activating group) is 1. The zero-order valence-electron chi connectivity index (χ0n) is 14.4. The van der Waals surface area contributed by atoms with Crippen molar-refractivity contribution in [3.8, 4) is 0 Å². The molecule has 144 valence electrons. The van der Waals surface area contributed by atoms with Crippen molar-refractivity contribution in [2.45, 2.75) is 13.0 Å². The Morgan fingerprint density at radius 3 is 2.64 bits per heavy atom. The summed E-state index contributed by atoms with van der Waals surface area (Å²) in [5, 5.41) is 6.27. The average molecular weight is 413 g/mol. The predicted molar refractivity (Wildman–Crippen MR) is 109 cm³/mol. The first kappa shape index (κ1) is 24.2. The highest BCUT2D eigenvalue weighted by Crippen LogP contribution is 2.15. The quantitative estimate of drug-likeness (QED) is 0.781. The number of piperazine rings is 1. The van der Waals surface area contributed by atoms with Crippen molar-refractivity contribution < 1.29 is 4.79 Å². The molecule has 2 aliphatic rings. The molecule has 3 heterocycles. The molecule has 0 aliphatic carbocycles. The first-order valence-corrected chi connectivity index (χ1v) is 8.09. The van der Waals surface area contributed by atoms with Crippen LogP contribution in [0.25, 0.3) is 0 Å². The number of aromatic nitrogens is 1. The number of halogens is 3. The van der Waals surface area contributed by atoms with Gasteiger partial charge in [0.15, 0.2) is 0 Å². The second-order valence-corrected chi connectivity index (χ2v) is 6.22. The van der Waals surface area contributed by atoms with Crippen molar-refractivity contribution in [3.63, 3.8) is 0 Å².